The number of halogens is 1. The lowest BCUT2D eigenvalue weighted by molar-refractivity contribution is -0.150. The van der Waals surface area contributed by atoms with E-state index in [2.05, 4.69) is 5.32 Å². The minimum absolute atomic E-state index is 0.356. The SMILES string of the molecule is CC(NC(=O)C(=O)O)c1ccc(Cl)cc1. The molecule has 0 fully saturated rings. The van der Waals surface area contributed by atoms with Gasteiger partial charge in [-0.2, -0.15) is 0 Å². The first-order chi connectivity index (χ1) is 7.00. The molecule has 1 rings (SSSR count). The Morgan fingerprint density at radius 1 is 1.33 bits per heavy atom. The third-order valence-corrected chi connectivity index (χ3v) is 2.16. The lowest BCUT2D eigenvalue weighted by Crippen LogP contribution is -2.32. The van der Waals surface area contributed by atoms with Gasteiger partial charge < -0.3 is 10.4 Å². The highest BCUT2D eigenvalue weighted by Crippen LogP contribution is 2.15. The highest BCUT2D eigenvalue weighted by atomic mass is 35.5. The molecule has 0 bridgehead atoms. The summed E-state index contributed by atoms with van der Waals surface area (Å²) in [5, 5.41) is 11.3. The van der Waals surface area contributed by atoms with Crippen LogP contribution in [0.15, 0.2) is 24.3 Å². The van der Waals surface area contributed by atoms with Crippen molar-refractivity contribution in [1.82, 2.24) is 5.32 Å². The fourth-order valence-corrected chi connectivity index (χ4v) is 1.22. The molecule has 1 aromatic rings. The molecule has 2 N–H and O–H groups in total. The Morgan fingerprint density at radius 2 is 1.87 bits per heavy atom. The molecule has 0 aliphatic heterocycles. The number of benzene rings is 1. The molecule has 0 heterocycles. The van der Waals surface area contributed by atoms with Crippen LogP contribution in [0.3, 0.4) is 0 Å². The maximum Gasteiger partial charge on any atom is 0.394 e. The lowest BCUT2D eigenvalue weighted by Gasteiger charge is -2.12. The average molecular weight is 228 g/mol. The zero-order valence-corrected chi connectivity index (χ0v) is 8.78. The molecule has 0 saturated carbocycles. The van der Waals surface area contributed by atoms with Crippen molar-refractivity contribution in [2.45, 2.75) is 13.0 Å². The molecule has 15 heavy (non-hydrogen) atoms. The van der Waals surface area contributed by atoms with Gasteiger partial charge in [-0.1, -0.05) is 23.7 Å². The predicted octanol–water partition coefficient (Wildman–Crippen LogP) is 1.60. The van der Waals surface area contributed by atoms with Crippen molar-refractivity contribution >= 4 is 23.5 Å². The van der Waals surface area contributed by atoms with Gasteiger partial charge in [-0.25, -0.2) is 4.79 Å². The number of hydrogen-bond donors (Lipinski definition) is 2. The van der Waals surface area contributed by atoms with Gasteiger partial charge in [-0.05, 0) is 24.6 Å². The van der Waals surface area contributed by atoms with Crippen LogP contribution >= 0.6 is 11.6 Å². The van der Waals surface area contributed by atoms with E-state index in [-0.39, 0.29) is 6.04 Å². The van der Waals surface area contributed by atoms with Gasteiger partial charge in [0.05, 0.1) is 6.04 Å². The smallest absolute Gasteiger partial charge is 0.394 e. The molecule has 5 heteroatoms. The predicted molar refractivity (Wildman–Crippen MR) is 55.6 cm³/mol. The number of amides is 1. The Labute approximate surface area is 91.9 Å². The number of rotatable bonds is 2. The standard InChI is InChI=1S/C10H10ClNO3/c1-6(12-9(13)10(14)15)7-2-4-8(11)5-3-7/h2-6H,1H3,(H,12,13)(H,14,15). The van der Waals surface area contributed by atoms with Crippen molar-refractivity contribution in [3.63, 3.8) is 0 Å². The van der Waals surface area contributed by atoms with Gasteiger partial charge in [0.25, 0.3) is 0 Å². The van der Waals surface area contributed by atoms with Crippen LogP contribution in [0.1, 0.15) is 18.5 Å². The van der Waals surface area contributed by atoms with E-state index in [1.807, 2.05) is 0 Å². The summed E-state index contributed by atoms with van der Waals surface area (Å²) < 4.78 is 0. The summed E-state index contributed by atoms with van der Waals surface area (Å²) in [5.41, 5.74) is 0.800. The van der Waals surface area contributed by atoms with Gasteiger partial charge in [0.15, 0.2) is 0 Å². The quantitative estimate of drug-likeness (QED) is 0.755. The van der Waals surface area contributed by atoms with Crippen molar-refractivity contribution < 1.29 is 14.7 Å². The molecule has 1 aromatic carbocycles. The Bertz CT molecular complexity index is 375. The summed E-state index contributed by atoms with van der Waals surface area (Å²) in [4.78, 5) is 21.1. The number of hydrogen-bond acceptors (Lipinski definition) is 2. The first-order valence-corrected chi connectivity index (χ1v) is 4.67. The molecule has 0 spiro atoms. The van der Waals surface area contributed by atoms with Crippen LogP contribution in [-0.2, 0) is 9.59 Å². The molecule has 80 valence electrons. The molecule has 0 saturated heterocycles. The summed E-state index contributed by atoms with van der Waals surface area (Å²) >= 11 is 5.69. The van der Waals surface area contributed by atoms with Crippen LogP contribution in [-0.4, -0.2) is 17.0 Å². The molecule has 1 atom stereocenters. The van der Waals surface area contributed by atoms with Crippen LogP contribution in [0.2, 0.25) is 5.02 Å². The van der Waals surface area contributed by atoms with Gasteiger partial charge >= 0.3 is 11.9 Å². The normalized spacial score (nSPS) is 11.9. The van der Waals surface area contributed by atoms with Crippen LogP contribution in [0.4, 0.5) is 0 Å². The molecule has 0 aromatic heterocycles. The molecule has 0 radical (unpaired) electrons. The number of aliphatic carboxylic acids is 1. The fraction of sp³-hybridized carbons (Fsp3) is 0.200. The van der Waals surface area contributed by atoms with E-state index in [1.54, 1.807) is 31.2 Å². The fourth-order valence-electron chi connectivity index (χ4n) is 1.09. The van der Waals surface area contributed by atoms with Crippen LogP contribution in [0, 0.1) is 0 Å². The van der Waals surface area contributed by atoms with Crippen molar-refractivity contribution in [3.8, 4) is 0 Å². The minimum Gasteiger partial charge on any atom is -0.474 e. The van der Waals surface area contributed by atoms with Gasteiger partial charge in [0, 0.05) is 5.02 Å². The third-order valence-electron chi connectivity index (χ3n) is 1.91. The summed E-state index contributed by atoms with van der Waals surface area (Å²) in [6.45, 7) is 1.70. The number of carboxylic acids is 1. The van der Waals surface area contributed by atoms with Gasteiger partial charge in [-0.3, -0.25) is 4.79 Å². The molecule has 1 amide bonds. The molecule has 0 aliphatic rings. The Balaban J connectivity index is 2.69. The minimum atomic E-state index is -1.49. The molecular weight excluding hydrogens is 218 g/mol. The van der Waals surface area contributed by atoms with Crippen LogP contribution in [0.25, 0.3) is 0 Å². The molecule has 1 unspecified atom stereocenters. The molecule has 0 aliphatic carbocycles. The second-order valence-corrected chi connectivity index (χ2v) is 3.49. The highest BCUT2D eigenvalue weighted by molar-refractivity contribution is 6.31. The first kappa shape index (κ1) is 11.5. The maximum absolute atomic E-state index is 10.9. The van der Waals surface area contributed by atoms with Crippen molar-refractivity contribution in [2.75, 3.05) is 0 Å². The van der Waals surface area contributed by atoms with Crippen LogP contribution < -0.4 is 5.32 Å². The Kier molecular flexibility index (Phi) is 3.68. The summed E-state index contributed by atoms with van der Waals surface area (Å²) in [7, 11) is 0. The maximum atomic E-state index is 10.9. The summed E-state index contributed by atoms with van der Waals surface area (Å²) in [6, 6.07) is 6.47. The second-order valence-electron chi connectivity index (χ2n) is 3.05. The Morgan fingerprint density at radius 3 is 2.33 bits per heavy atom. The topological polar surface area (TPSA) is 66.4 Å². The third kappa shape index (κ3) is 3.25. The molecule has 4 nitrogen and oxygen atoms in total. The summed E-state index contributed by atoms with van der Waals surface area (Å²) in [5.74, 6) is -2.51. The van der Waals surface area contributed by atoms with Gasteiger partial charge in [-0.15, -0.1) is 0 Å². The first-order valence-electron chi connectivity index (χ1n) is 4.30. The highest BCUT2D eigenvalue weighted by Gasteiger charge is 2.14. The van der Waals surface area contributed by atoms with E-state index < -0.39 is 11.9 Å². The van der Waals surface area contributed by atoms with E-state index in [0.29, 0.717) is 5.02 Å². The van der Waals surface area contributed by atoms with E-state index >= 15 is 0 Å². The van der Waals surface area contributed by atoms with E-state index in [0.717, 1.165) is 5.56 Å². The summed E-state index contributed by atoms with van der Waals surface area (Å²) in [6.07, 6.45) is 0. The molecular formula is C10H10ClNO3. The second kappa shape index (κ2) is 4.79. The zero-order chi connectivity index (χ0) is 11.4. The number of carboxylic acid groups (broad SMARTS) is 1. The van der Waals surface area contributed by atoms with Crippen molar-refractivity contribution in [1.29, 1.82) is 0 Å². The Hall–Kier alpha value is -1.55. The van der Waals surface area contributed by atoms with E-state index in [1.165, 1.54) is 0 Å². The van der Waals surface area contributed by atoms with Crippen molar-refractivity contribution in [3.05, 3.63) is 34.9 Å². The van der Waals surface area contributed by atoms with Gasteiger partial charge in [0.2, 0.25) is 0 Å². The monoisotopic (exact) mass is 227 g/mol. The number of carbonyl (C=O) groups is 2. The van der Waals surface area contributed by atoms with E-state index in [4.69, 9.17) is 16.7 Å². The number of carbonyl (C=O) groups excluding carboxylic acids is 1. The number of nitrogens with one attached hydrogen (secondary N) is 1. The average Bonchev–Trinajstić information content (AvgIpc) is 2.18. The zero-order valence-electron chi connectivity index (χ0n) is 8.03. The van der Waals surface area contributed by atoms with Crippen LogP contribution in [0.5, 0.6) is 0 Å². The van der Waals surface area contributed by atoms with Gasteiger partial charge in [0.1, 0.15) is 0 Å². The van der Waals surface area contributed by atoms with E-state index in [9.17, 15) is 9.59 Å². The van der Waals surface area contributed by atoms with Crippen molar-refractivity contribution in [2.24, 2.45) is 0 Å². The lowest BCUT2D eigenvalue weighted by atomic mass is 10.1. The largest absolute Gasteiger partial charge is 0.474 e.